The van der Waals surface area contributed by atoms with Crippen LogP contribution in [0.4, 0.5) is 0 Å². The van der Waals surface area contributed by atoms with Crippen molar-refractivity contribution in [1.29, 1.82) is 0 Å². The van der Waals surface area contributed by atoms with Crippen LogP contribution in [0.25, 0.3) is 5.69 Å². The molecule has 1 N–H and O–H groups in total. The van der Waals surface area contributed by atoms with Crippen molar-refractivity contribution in [2.75, 3.05) is 32.8 Å². The van der Waals surface area contributed by atoms with Crippen molar-refractivity contribution in [3.63, 3.8) is 0 Å². The summed E-state index contributed by atoms with van der Waals surface area (Å²) in [5.41, 5.74) is 9.39. The standard InChI is InChI=1S/C21H27BrN4O2/c1-14-5-6-19(15(2)11-14)26-16(3)18(21(22)17(26)4)12-23-24-20(27)13-25-7-9-28-10-8-25/h5-6,11-12H,7-10,13H2,1-4H3,(H,24,27)/b23-12-. The molecule has 0 saturated carbocycles. The van der Waals surface area contributed by atoms with Crippen molar-refractivity contribution in [3.8, 4) is 5.69 Å². The Balaban J connectivity index is 1.75. The monoisotopic (exact) mass is 446 g/mol. The summed E-state index contributed by atoms with van der Waals surface area (Å²) in [6, 6.07) is 6.44. The number of halogens is 1. The molecule has 0 radical (unpaired) electrons. The highest BCUT2D eigenvalue weighted by atomic mass is 79.9. The van der Waals surface area contributed by atoms with Gasteiger partial charge in [-0.1, -0.05) is 17.7 Å². The van der Waals surface area contributed by atoms with E-state index in [1.807, 2.05) is 0 Å². The Labute approximate surface area is 174 Å². The van der Waals surface area contributed by atoms with Gasteiger partial charge in [-0.25, -0.2) is 5.43 Å². The molecule has 0 unspecified atom stereocenters. The Morgan fingerprint density at radius 2 is 1.93 bits per heavy atom. The second kappa shape index (κ2) is 9.03. The van der Waals surface area contributed by atoms with Crippen molar-refractivity contribution >= 4 is 28.1 Å². The summed E-state index contributed by atoms with van der Waals surface area (Å²) in [7, 11) is 0. The van der Waals surface area contributed by atoms with Gasteiger partial charge in [-0.05, 0) is 55.3 Å². The topological polar surface area (TPSA) is 58.9 Å². The van der Waals surface area contributed by atoms with Crippen LogP contribution >= 0.6 is 15.9 Å². The first kappa shape index (κ1) is 20.8. The number of carbonyl (C=O) groups is 1. The zero-order valence-corrected chi connectivity index (χ0v) is 18.5. The molecule has 1 aliphatic rings. The molecule has 150 valence electrons. The van der Waals surface area contributed by atoms with E-state index in [9.17, 15) is 4.79 Å². The van der Waals surface area contributed by atoms with E-state index in [0.29, 0.717) is 19.8 Å². The number of nitrogens with zero attached hydrogens (tertiary/aromatic N) is 3. The number of hydrogen-bond donors (Lipinski definition) is 1. The van der Waals surface area contributed by atoms with Crippen molar-refractivity contribution in [3.05, 3.63) is 50.8 Å². The maximum atomic E-state index is 12.1. The van der Waals surface area contributed by atoms with E-state index in [-0.39, 0.29) is 5.91 Å². The number of benzene rings is 1. The Hall–Kier alpha value is -1.96. The quantitative estimate of drug-likeness (QED) is 0.566. The van der Waals surface area contributed by atoms with E-state index in [1.54, 1.807) is 6.21 Å². The fourth-order valence-electron chi connectivity index (χ4n) is 3.56. The Morgan fingerprint density at radius 1 is 1.21 bits per heavy atom. The molecule has 28 heavy (non-hydrogen) atoms. The van der Waals surface area contributed by atoms with Gasteiger partial charge in [0.25, 0.3) is 5.91 Å². The number of hydrogen-bond acceptors (Lipinski definition) is 4. The van der Waals surface area contributed by atoms with Gasteiger partial charge < -0.3 is 9.30 Å². The lowest BCUT2D eigenvalue weighted by molar-refractivity contribution is -0.123. The van der Waals surface area contributed by atoms with Crippen molar-refractivity contribution in [2.45, 2.75) is 27.7 Å². The molecule has 0 bridgehead atoms. The highest BCUT2D eigenvalue weighted by Crippen LogP contribution is 2.30. The molecule has 1 amide bonds. The summed E-state index contributed by atoms with van der Waals surface area (Å²) >= 11 is 3.69. The minimum Gasteiger partial charge on any atom is -0.379 e. The Bertz CT molecular complexity index is 898. The summed E-state index contributed by atoms with van der Waals surface area (Å²) in [4.78, 5) is 14.2. The maximum absolute atomic E-state index is 12.1. The van der Waals surface area contributed by atoms with Gasteiger partial charge in [0, 0.05) is 40.2 Å². The van der Waals surface area contributed by atoms with Crippen LogP contribution in [-0.4, -0.2) is 54.4 Å². The molecule has 1 saturated heterocycles. The van der Waals surface area contributed by atoms with Gasteiger partial charge in [0.15, 0.2) is 0 Å². The molecule has 7 heteroatoms. The molecule has 1 aromatic carbocycles. The van der Waals surface area contributed by atoms with Crippen LogP contribution in [-0.2, 0) is 9.53 Å². The van der Waals surface area contributed by atoms with Gasteiger partial charge in [0.1, 0.15) is 0 Å². The predicted octanol–water partition coefficient (Wildman–Crippen LogP) is 3.26. The largest absolute Gasteiger partial charge is 0.379 e. The van der Waals surface area contributed by atoms with Gasteiger partial charge >= 0.3 is 0 Å². The first-order valence-electron chi connectivity index (χ1n) is 9.45. The van der Waals surface area contributed by atoms with E-state index in [1.165, 1.54) is 11.1 Å². The maximum Gasteiger partial charge on any atom is 0.254 e. The minimum atomic E-state index is -0.113. The van der Waals surface area contributed by atoms with E-state index in [0.717, 1.165) is 40.2 Å². The highest BCUT2D eigenvalue weighted by molar-refractivity contribution is 9.10. The number of amides is 1. The van der Waals surface area contributed by atoms with Crippen molar-refractivity contribution in [2.24, 2.45) is 5.10 Å². The van der Waals surface area contributed by atoms with Gasteiger partial charge in [-0.3, -0.25) is 9.69 Å². The third-order valence-corrected chi connectivity index (χ3v) is 6.06. The average molecular weight is 447 g/mol. The number of carbonyl (C=O) groups excluding carboxylic acids is 1. The molecule has 0 aliphatic carbocycles. The van der Waals surface area contributed by atoms with Crippen LogP contribution in [0, 0.1) is 27.7 Å². The van der Waals surface area contributed by atoms with Crippen LogP contribution in [0.2, 0.25) is 0 Å². The molecule has 1 aromatic heterocycles. The fraction of sp³-hybridized carbons (Fsp3) is 0.429. The molecular formula is C21H27BrN4O2. The zero-order valence-electron chi connectivity index (χ0n) is 16.9. The molecule has 1 aliphatic heterocycles. The molecule has 6 nitrogen and oxygen atoms in total. The van der Waals surface area contributed by atoms with Crippen LogP contribution in [0.3, 0.4) is 0 Å². The Kier molecular flexibility index (Phi) is 6.69. The average Bonchev–Trinajstić information content (AvgIpc) is 2.86. The summed E-state index contributed by atoms with van der Waals surface area (Å²) in [5.74, 6) is -0.113. The van der Waals surface area contributed by atoms with E-state index < -0.39 is 0 Å². The summed E-state index contributed by atoms with van der Waals surface area (Å²) < 4.78 is 8.50. The zero-order chi connectivity index (χ0) is 20.3. The van der Waals surface area contributed by atoms with Crippen LogP contribution in [0.15, 0.2) is 27.8 Å². The predicted molar refractivity (Wildman–Crippen MR) is 115 cm³/mol. The van der Waals surface area contributed by atoms with Gasteiger partial charge in [0.2, 0.25) is 0 Å². The number of aromatic nitrogens is 1. The fourth-order valence-corrected chi connectivity index (χ4v) is 4.12. The molecule has 0 spiro atoms. The third-order valence-electron chi connectivity index (χ3n) is 5.06. The van der Waals surface area contributed by atoms with Gasteiger partial charge in [-0.2, -0.15) is 5.10 Å². The van der Waals surface area contributed by atoms with E-state index in [2.05, 4.69) is 81.8 Å². The van der Waals surface area contributed by atoms with Crippen molar-refractivity contribution in [1.82, 2.24) is 14.9 Å². The lowest BCUT2D eigenvalue weighted by atomic mass is 10.1. The molecular weight excluding hydrogens is 420 g/mol. The van der Waals surface area contributed by atoms with Crippen LogP contribution in [0.1, 0.15) is 28.1 Å². The number of aryl methyl sites for hydroxylation is 2. The van der Waals surface area contributed by atoms with E-state index in [4.69, 9.17) is 4.74 Å². The molecule has 0 atom stereocenters. The van der Waals surface area contributed by atoms with Crippen LogP contribution < -0.4 is 5.43 Å². The Morgan fingerprint density at radius 3 is 2.61 bits per heavy atom. The minimum absolute atomic E-state index is 0.113. The smallest absolute Gasteiger partial charge is 0.254 e. The third kappa shape index (κ3) is 4.54. The second-order valence-electron chi connectivity index (χ2n) is 7.21. The second-order valence-corrected chi connectivity index (χ2v) is 8.00. The molecule has 1 fully saturated rings. The van der Waals surface area contributed by atoms with E-state index >= 15 is 0 Å². The van der Waals surface area contributed by atoms with Crippen LogP contribution in [0.5, 0.6) is 0 Å². The van der Waals surface area contributed by atoms with Crippen molar-refractivity contribution < 1.29 is 9.53 Å². The van der Waals surface area contributed by atoms with Gasteiger partial charge in [-0.15, -0.1) is 0 Å². The number of morpholine rings is 1. The number of ether oxygens (including phenoxy) is 1. The molecule has 3 rings (SSSR count). The number of hydrazone groups is 1. The normalized spacial score (nSPS) is 15.3. The lowest BCUT2D eigenvalue weighted by Crippen LogP contribution is -2.42. The first-order chi connectivity index (χ1) is 13.4. The summed E-state index contributed by atoms with van der Waals surface area (Å²) in [6.07, 6.45) is 1.71. The first-order valence-corrected chi connectivity index (χ1v) is 10.2. The van der Waals surface area contributed by atoms with Gasteiger partial charge in [0.05, 0.1) is 26.0 Å². The summed E-state index contributed by atoms with van der Waals surface area (Å²) in [6.45, 7) is 11.6. The molecule has 2 heterocycles. The summed E-state index contributed by atoms with van der Waals surface area (Å²) in [5, 5.41) is 4.19. The lowest BCUT2D eigenvalue weighted by Gasteiger charge is -2.25. The number of nitrogens with one attached hydrogen (secondary N) is 1. The number of rotatable bonds is 5. The molecule has 2 aromatic rings. The highest BCUT2D eigenvalue weighted by Gasteiger charge is 2.17. The SMILES string of the molecule is Cc1ccc(-n2c(C)c(Br)c(/C=N\NC(=O)CN3CCOCC3)c2C)c(C)c1.